The Bertz CT molecular complexity index is 1300. The van der Waals surface area contributed by atoms with Crippen LogP contribution in [0.1, 0.15) is 11.1 Å². The van der Waals surface area contributed by atoms with Crippen molar-refractivity contribution in [2.24, 2.45) is 5.10 Å². The standard InChI is InChI=1S/C25H27ClN8O/c26-21-2-1-3-22(14-21)34-25-23(16-30-34)24(27-18-28-25)31-29-15-19-4-6-20(7-5-19)17-33-10-8-32(9-11-33)12-13-35/h1-7,14-16,18,35H,8-13,17H2,(H,27,28,31). The third-order valence-corrected chi connectivity index (χ3v) is 6.30. The molecular weight excluding hydrogens is 464 g/mol. The zero-order valence-corrected chi connectivity index (χ0v) is 20.0. The summed E-state index contributed by atoms with van der Waals surface area (Å²) < 4.78 is 1.73. The van der Waals surface area contributed by atoms with Crippen LogP contribution in [0.15, 0.2) is 66.2 Å². The van der Waals surface area contributed by atoms with E-state index in [2.05, 4.69) is 59.7 Å². The average molecular weight is 491 g/mol. The molecule has 0 radical (unpaired) electrons. The Kier molecular flexibility index (Phi) is 7.29. The number of fused-ring (bicyclic) bond motifs is 1. The molecule has 2 aromatic heterocycles. The van der Waals surface area contributed by atoms with Gasteiger partial charge in [0.05, 0.1) is 30.1 Å². The zero-order valence-electron chi connectivity index (χ0n) is 19.3. The van der Waals surface area contributed by atoms with E-state index in [-0.39, 0.29) is 6.61 Å². The van der Waals surface area contributed by atoms with E-state index in [4.69, 9.17) is 16.7 Å². The summed E-state index contributed by atoms with van der Waals surface area (Å²) in [6.45, 7) is 5.98. The highest BCUT2D eigenvalue weighted by Gasteiger charge is 2.16. The zero-order chi connectivity index (χ0) is 24.0. The van der Waals surface area contributed by atoms with Crippen LogP contribution in [0, 0.1) is 0 Å². The second-order valence-electron chi connectivity index (χ2n) is 8.45. The maximum absolute atomic E-state index is 9.09. The topological polar surface area (TPSA) is 94.7 Å². The van der Waals surface area contributed by atoms with Crippen LogP contribution in [-0.4, -0.2) is 80.2 Å². The summed E-state index contributed by atoms with van der Waals surface area (Å²) in [5.41, 5.74) is 6.78. The molecule has 5 rings (SSSR count). The van der Waals surface area contributed by atoms with Gasteiger partial charge in [0.2, 0.25) is 0 Å². The van der Waals surface area contributed by atoms with Crippen LogP contribution in [0.5, 0.6) is 0 Å². The van der Waals surface area contributed by atoms with Crippen molar-refractivity contribution >= 4 is 34.7 Å². The van der Waals surface area contributed by atoms with Gasteiger partial charge >= 0.3 is 0 Å². The molecular formula is C25H27ClN8O. The van der Waals surface area contributed by atoms with E-state index in [1.807, 2.05) is 24.3 Å². The average Bonchev–Trinajstić information content (AvgIpc) is 3.32. The highest BCUT2D eigenvalue weighted by atomic mass is 35.5. The fourth-order valence-corrected chi connectivity index (χ4v) is 4.36. The highest BCUT2D eigenvalue weighted by Crippen LogP contribution is 2.23. The lowest BCUT2D eigenvalue weighted by molar-refractivity contribution is 0.108. The normalized spacial score (nSPS) is 15.3. The van der Waals surface area contributed by atoms with Crippen molar-refractivity contribution in [2.75, 3.05) is 44.8 Å². The van der Waals surface area contributed by atoms with Gasteiger partial charge in [0.1, 0.15) is 6.33 Å². The molecule has 180 valence electrons. The minimum Gasteiger partial charge on any atom is -0.395 e. The van der Waals surface area contributed by atoms with Gasteiger partial charge in [-0.1, -0.05) is 41.9 Å². The molecule has 2 aromatic carbocycles. The second kappa shape index (κ2) is 10.9. The first-order valence-electron chi connectivity index (χ1n) is 11.6. The monoisotopic (exact) mass is 490 g/mol. The molecule has 35 heavy (non-hydrogen) atoms. The van der Waals surface area contributed by atoms with Gasteiger partial charge < -0.3 is 5.11 Å². The summed E-state index contributed by atoms with van der Waals surface area (Å²) in [6.07, 6.45) is 4.97. The summed E-state index contributed by atoms with van der Waals surface area (Å²) in [7, 11) is 0. The van der Waals surface area contributed by atoms with Crippen molar-refractivity contribution in [3.8, 4) is 5.69 Å². The Balaban J connectivity index is 1.21. The number of aliphatic hydroxyl groups excluding tert-OH is 1. The molecule has 0 aliphatic carbocycles. The van der Waals surface area contributed by atoms with Crippen LogP contribution in [0.4, 0.5) is 5.82 Å². The number of nitrogens with one attached hydrogen (secondary N) is 1. The van der Waals surface area contributed by atoms with Gasteiger partial charge in [0.15, 0.2) is 11.5 Å². The molecule has 1 fully saturated rings. The number of piperazine rings is 1. The summed E-state index contributed by atoms with van der Waals surface area (Å²) in [4.78, 5) is 13.5. The number of hydrazone groups is 1. The largest absolute Gasteiger partial charge is 0.395 e. The quantitative estimate of drug-likeness (QED) is 0.289. The Hall–Kier alpha value is -3.37. The first-order chi connectivity index (χ1) is 17.2. The SMILES string of the molecule is OCCN1CCN(Cc2ccc(C=NNc3ncnc4c3cnn4-c3cccc(Cl)c3)cc2)CC1. The molecule has 4 aromatic rings. The molecule has 2 N–H and O–H groups in total. The molecule has 0 amide bonds. The number of aliphatic hydroxyl groups is 1. The van der Waals surface area contributed by atoms with Gasteiger partial charge in [0, 0.05) is 44.3 Å². The second-order valence-corrected chi connectivity index (χ2v) is 8.89. The number of nitrogens with zero attached hydrogens (tertiary/aromatic N) is 7. The number of hydrogen-bond acceptors (Lipinski definition) is 8. The summed E-state index contributed by atoms with van der Waals surface area (Å²) in [5.74, 6) is 0.580. The summed E-state index contributed by atoms with van der Waals surface area (Å²) in [5, 5.41) is 19.3. The van der Waals surface area contributed by atoms with Crippen molar-refractivity contribution in [1.82, 2.24) is 29.5 Å². The fourth-order valence-electron chi connectivity index (χ4n) is 4.18. The van der Waals surface area contributed by atoms with Crippen LogP contribution in [-0.2, 0) is 6.54 Å². The van der Waals surface area contributed by atoms with E-state index >= 15 is 0 Å². The molecule has 0 unspecified atom stereocenters. The Labute approximate surface area is 208 Å². The molecule has 3 heterocycles. The molecule has 0 spiro atoms. The Morgan fingerprint density at radius 1 is 1.03 bits per heavy atom. The van der Waals surface area contributed by atoms with Gasteiger partial charge in [0.25, 0.3) is 0 Å². The number of halogens is 1. The maximum atomic E-state index is 9.09. The van der Waals surface area contributed by atoms with Crippen LogP contribution in [0.3, 0.4) is 0 Å². The van der Waals surface area contributed by atoms with Crippen molar-refractivity contribution in [3.63, 3.8) is 0 Å². The number of rotatable bonds is 8. The minimum absolute atomic E-state index is 0.229. The highest BCUT2D eigenvalue weighted by molar-refractivity contribution is 6.30. The molecule has 10 heteroatoms. The smallest absolute Gasteiger partial charge is 0.168 e. The Morgan fingerprint density at radius 3 is 2.60 bits per heavy atom. The number of benzene rings is 2. The van der Waals surface area contributed by atoms with Crippen LogP contribution < -0.4 is 5.43 Å². The summed E-state index contributed by atoms with van der Waals surface area (Å²) >= 11 is 6.13. The lowest BCUT2D eigenvalue weighted by Gasteiger charge is -2.34. The molecule has 0 saturated carbocycles. The number of anilines is 1. The number of hydrogen-bond donors (Lipinski definition) is 2. The van der Waals surface area contributed by atoms with Gasteiger partial charge in [-0.25, -0.2) is 14.6 Å². The lowest BCUT2D eigenvalue weighted by Crippen LogP contribution is -2.46. The van der Waals surface area contributed by atoms with E-state index < -0.39 is 0 Å². The summed E-state index contributed by atoms with van der Waals surface area (Å²) in [6, 6.07) is 15.9. The van der Waals surface area contributed by atoms with Crippen molar-refractivity contribution in [2.45, 2.75) is 6.54 Å². The van der Waals surface area contributed by atoms with E-state index in [9.17, 15) is 0 Å². The van der Waals surface area contributed by atoms with E-state index in [0.29, 0.717) is 16.5 Å². The van der Waals surface area contributed by atoms with Gasteiger partial charge in [-0.2, -0.15) is 10.2 Å². The predicted octanol–water partition coefficient (Wildman–Crippen LogP) is 3.02. The molecule has 1 aliphatic heterocycles. The minimum atomic E-state index is 0.229. The van der Waals surface area contributed by atoms with E-state index in [0.717, 1.165) is 55.9 Å². The molecule has 0 atom stereocenters. The van der Waals surface area contributed by atoms with Crippen LogP contribution in [0.2, 0.25) is 5.02 Å². The number of β-amino-alcohol motifs (C(OH)–C–C–N with tert-alkyl or cyclic N) is 1. The van der Waals surface area contributed by atoms with Crippen molar-refractivity contribution in [1.29, 1.82) is 0 Å². The molecule has 0 bridgehead atoms. The first kappa shape index (κ1) is 23.4. The van der Waals surface area contributed by atoms with Crippen LogP contribution in [0.25, 0.3) is 16.7 Å². The van der Waals surface area contributed by atoms with E-state index in [1.54, 1.807) is 17.1 Å². The van der Waals surface area contributed by atoms with Gasteiger partial charge in [-0.05, 0) is 29.3 Å². The van der Waals surface area contributed by atoms with Gasteiger partial charge in [-0.15, -0.1) is 0 Å². The van der Waals surface area contributed by atoms with E-state index in [1.165, 1.54) is 11.9 Å². The van der Waals surface area contributed by atoms with Crippen LogP contribution >= 0.6 is 11.6 Å². The maximum Gasteiger partial charge on any atom is 0.168 e. The Morgan fingerprint density at radius 2 is 1.83 bits per heavy atom. The van der Waals surface area contributed by atoms with Gasteiger partial charge in [-0.3, -0.25) is 15.2 Å². The third kappa shape index (κ3) is 5.66. The molecule has 9 nitrogen and oxygen atoms in total. The fraction of sp³-hybridized carbons (Fsp3) is 0.280. The third-order valence-electron chi connectivity index (χ3n) is 6.07. The lowest BCUT2D eigenvalue weighted by atomic mass is 10.1. The first-order valence-corrected chi connectivity index (χ1v) is 12.0. The predicted molar refractivity (Wildman–Crippen MR) is 138 cm³/mol. The molecule has 1 aliphatic rings. The van der Waals surface area contributed by atoms with Crippen molar-refractivity contribution < 1.29 is 5.11 Å². The molecule has 1 saturated heterocycles. The van der Waals surface area contributed by atoms with Crippen molar-refractivity contribution in [3.05, 3.63) is 77.2 Å². The number of aromatic nitrogens is 4.